The normalized spacial score (nSPS) is 11.5. The van der Waals surface area contributed by atoms with Crippen LogP contribution in [0.15, 0.2) is 206 Å². The molecule has 0 bridgehead atoms. The van der Waals surface area contributed by atoms with Crippen molar-refractivity contribution in [2.24, 2.45) is 0 Å². The second-order valence-corrected chi connectivity index (χ2v) is 13.3. The molecule has 0 saturated heterocycles. The van der Waals surface area contributed by atoms with Crippen LogP contribution in [0.5, 0.6) is 0 Å². The zero-order valence-electron chi connectivity index (χ0n) is 28.5. The Morgan fingerprint density at radius 1 is 0.327 bits per heavy atom. The fourth-order valence-corrected chi connectivity index (χ4v) is 8.03. The fourth-order valence-electron chi connectivity index (χ4n) is 8.03. The van der Waals surface area contributed by atoms with Gasteiger partial charge in [-0.2, -0.15) is 0 Å². The Morgan fingerprint density at radius 2 is 0.885 bits per heavy atom. The number of fused-ring (bicyclic) bond motifs is 5. The molecule has 0 unspecified atom stereocenters. The Kier molecular flexibility index (Phi) is 7.18. The first kappa shape index (κ1) is 30.0. The Hall–Kier alpha value is -6.90. The van der Waals surface area contributed by atoms with Gasteiger partial charge >= 0.3 is 0 Å². The smallest absolute Gasteiger partial charge is 0.0618 e. The summed E-state index contributed by atoms with van der Waals surface area (Å²) in [6.45, 7) is 0. The summed E-state index contributed by atoms with van der Waals surface area (Å²) in [5.41, 5.74) is 11.7. The molecule has 2 heteroatoms. The summed E-state index contributed by atoms with van der Waals surface area (Å²) in [7, 11) is 0. The van der Waals surface area contributed by atoms with Crippen LogP contribution < -0.4 is 4.90 Å². The predicted octanol–water partition coefficient (Wildman–Crippen LogP) is 13.9. The van der Waals surface area contributed by atoms with Gasteiger partial charge in [0.25, 0.3) is 0 Å². The van der Waals surface area contributed by atoms with Crippen LogP contribution in [0.4, 0.5) is 17.1 Å². The summed E-state index contributed by atoms with van der Waals surface area (Å²) in [6, 6.07) is 74.8. The first-order chi connectivity index (χ1) is 25.8. The largest absolute Gasteiger partial charge is 0.309 e. The van der Waals surface area contributed by atoms with Crippen LogP contribution >= 0.6 is 0 Å². The Labute approximate surface area is 303 Å². The molecule has 0 aliphatic rings. The van der Waals surface area contributed by atoms with E-state index in [4.69, 9.17) is 0 Å². The van der Waals surface area contributed by atoms with Crippen molar-refractivity contribution in [1.29, 1.82) is 0 Å². The van der Waals surface area contributed by atoms with Crippen molar-refractivity contribution in [3.05, 3.63) is 206 Å². The first-order valence-electron chi connectivity index (χ1n) is 17.9. The van der Waals surface area contributed by atoms with Crippen LogP contribution in [-0.4, -0.2) is 4.57 Å². The first-order valence-corrected chi connectivity index (χ1v) is 17.9. The number of aromatic nitrogens is 1. The van der Waals surface area contributed by atoms with Gasteiger partial charge in [-0.25, -0.2) is 0 Å². The van der Waals surface area contributed by atoms with E-state index in [0.717, 1.165) is 22.6 Å². The van der Waals surface area contributed by atoms with Gasteiger partial charge in [-0.3, -0.25) is 0 Å². The minimum Gasteiger partial charge on any atom is -0.309 e. The minimum atomic E-state index is 1.10. The van der Waals surface area contributed by atoms with Crippen LogP contribution in [0.25, 0.3) is 71.3 Å². The van der Waals surface area contributed by atoms with E-state index in [9.17, 15) is 0 Å². The maximum absolute atomic E-state index is 2.50. The summed E-state index contributed by atoms with van der Waals surface area (Å²) in [5, 5.41) is 7.30. The van der Waals surface area contributed by atoms with Crippen molar-refractivity contribution < 1.29 is 0 Å². The lowest BCUT2D eigenvalue weighted by Gasteiger charge is -2.29. The zero-order chi connectivity index (χ0) is 34.4. The maximum Gasteiger partial charge on any atom is 0.0618 e. The summed E-state index contributed by atoms with van der Waals surface area (Å²) >= 11 is 0. The van der Waals surface area contributed by atoms with E-state index in [1.54, 1.807) is 0 Å². The van der Waals surface area contributed by atoms with Crippen LogP contribution in [0.1, 0.15) is 0 Å². The molecule has 0 radical (unpaired) electrons. The average Bonchev–Trinajstić information content (AvgIpc) is 3.55. The van der Waals surface area contributed by atoms with Crippen molar-refractivity contribution >= 4 is 60.4 Å². The van der Waals surface area contributed by atoms with Gasteiger partial charge in [-0.15, -0.1) is 0 Å². The molecule has 52 heavy (non-hydrogen) atoms. The number of nitrogens with zero attached hydrogens (tertiary/aromatic N) is 2. The minimum absolute atomic E-state index is 1.10. The van der Waals surface area contributed by atoms with Gasteiger partial charge in [-0.05, 0) is 52.2 Å². The van der Waals surface area contributed by atoms with Crippen molar-refractivity contribution in [2.75, 3.05) is 4.90 Å². The molecule has 0 spiro atoms. The third-order valence-corrected chi connectivity index (χ3v) is 10.4. The molecular formula is C50H34N2. The van der Waals surface area contributed by atoms with E-state index in [2.05, 4.69) is 216 Å². The van der Waals surface area contributed by atoms with E-state index in [0.29, 0.717) is 0 Å². The molecule has 0 amide bonds. The lowest BCUT2D eigenvalue weighted by molar-refractivity contribution is 1.19. The summed E-state index contributed by atoms with van der Waals surface area (Å²) in [5.74, 6) is 0. The molecule has 2 nitrogen and oxygen atoms in total. The van der Waals surface area contributed by atoms with E-state index in [1.165, 1.54) is 65.8 Å². The number of anilines is 3. The number of hydrogen-bond acceptors (Lipinski definition) is 1. The monoisotopic (exact) mass is 662 g/mol. The Bertz CT molecular complexity index is 2900. The van der Waals surface area contributed by atoms with Crippen molar-refractivity contribution in [3.63, 3.8) is 0 Å². The molecule has 0 fully saturated rings. The molecule has 0 saturated carbocycles. The Balaban J connectivity index is 1.32. The van der Waals surface area contributed by atoms with Crippen LogP contribution in [0.3, 0.4) is 0 Å². The van der Waals surface area contributed by atoms with Gasteiger partial charge in [0.05, 0.1) is 28.1 Å². The van der Waals surface area contributed by atoms with Crippen molar-refractivity contribution in [2.45, 2.75) is 0 Å². The molecular weight excluding hydrogens is 629 g/mol. The van der Waals surface area contributed by atoms with E-state index in [-0.39, 0.29) is 0 Å². The molecule has 244 valence electrons. The van der Waals surface area contributed by atoms with Gasteiger partial charge in [-0.1, -0.05) is 176 Å². The fraction of sp³-hybridized carbons (Fsp3) is 0. The number of hydrogen-bond donors (Lipinski definition) is 0. The highest BCUT2D eigenvalue weighted by molar-refractivity contribution is 6.13. The maximum atomic E-state index is 2.50. The van der Waals surface area contributed by atoms with Gasteiger partial charge < -0.3 is 9.47 Å². The molecule has 0 N–H and O–H groups in total. The van der Waals surface area contributed by atoms with Crippen LogP contribution in [0, 0.1) is 0 Å². The lowest BCUT2D eigenvalue weighted by atomic mass is 9.98. The van der Waals surface area contributed by atoms with Crippen molar-refractivity contribution in [1.82, 2.24) is 4.57 Å². The summed E-state index contributed by atoms with van der Waals surface area (Å²) in [6.07, 6.45) is 0. The molecule has 9 aromatic carbocycles. The number of benzene rings is 9. The van der Waals surface area contributed by atoms with E-state index in [1.807, 2.05) is 0 Å². The summed E-state index contributed by atoms with van der Waals surface area (Å²) < 4.78 is 2.50. The molecule has 0 aliphatic heterocycles. The standard InChI is InChI=1S/C50H34N2/c1-3-16-35(17-4-1)40-24-11-13-27-46(40)51(47-29-15-22-36-20-7-9-23-41(36)47)39-31-33-45-44-26-12-14-28-48(44)52(49(45)34-39)50-42-25-10-8-21-38(42)30-32-43(50)37-18-5-2-6-19-37/h1-34H. The lowest BCUT2D eigenvalue weighted by Crippen LogP contribution is -2.12. The van der Waals surface area contributed by atoms with Crippen molar-refractivity contribution in [3.8, 4) is 27.9 Å². The number of rotatable bonds is 6. The molecule has 10 rings (SSSR count). The van der Waals surface area contributed by atoms with Gasteiger partial charge in [0.15, 0.2) is 0 Å². The highest BCUT2D eigenvalue weighted by Gasteiger charge is 2.23. The molecule has 0 atom stereocenters. The predicted molar refractivity (Wildman–Crippen MR) is 221 cm³/mol. The van der Waals surface area contributed by atoms with Gasteiger partial charge in [0.2, 0.25) is 0 Å². The third kappa shape index (κ3) is 4.88. The molecule has 1 aromatic heterocycles. The van der Waals surface area contributed by atoms with E-state index >= 15 is 0 Å². The Morgan fingerprint density at radius 3 is 1.67 bits per heavy atom. The quantitative estimate of drug-likeness (QED) is 0.172. The van der Waals surface area contributed by atoms with E-state index < -0.39 is 0 Å². The number of para-hydroxylation sites is 2. The molecule has 10 aromatic rings. The second kappa shape index (κ2) is 12.5. The van der Waals surface area contributed by atoms with Gasteiger partial charge in [0, 0.05) is 38.4 Å². The highest BCUT2D eigenvalue weighted by Crippen LogP contribution is 2.46. The molecule has 1 heterocycles. The second-order valence-electron chi connectivity index (χ2n) is 13.3. The van der Waals surface area contributed by atoms with Crippen LogP contribution in [0.2, 0.25) is 0 Å². The topological polar surface area (TPSA) is 8.17 Å². The zero-order valence-corrected chi connectivity index (χ0v) is 28.5. The van der Waals surface area contributed by atoms with Gasteiger partial charge in [0.1, 0.15) is 0 Å². The van der Waals surface area contributed by atoms with Crippen LogP contribution in [-0.2, 0) is 0 Å². The molecule has 0 aliphatic carbocycles. The highest BCUT2D eigenvalue weighted by atomic mass is 15.1. The third-order valence-electron chi connectivity index (χ3n) is 10.4. The SMILES string of the molecule is c1ccc(-c2ccccc2N(c2ccc3c4ccccc4n(-c4c(-c5ccccc5)ccc5ccccc45)c3c2)c2cccc3ccccc23)cc1. The summed E-state index contributed by atoms with van der Waals surface area (Å²) in [4.78, 5) is 2.45. The average molecular weight is 663 g/mol.